The second-order valence-electron chi connectivity index (χ2n) is 3.92. The second kappa shape index (κ2) is 6.69. The highest BCUT2D eigenvalue weighted by molar-refractivity contribution is 5.94. The van der Waals surface area contributed by atoms with Gasteiger partial charge in [-0.3, -0.25) is 14.4 Å². The van der Waals surface area contributed by atoms with E-state index >= 15 is 0 Å². The van der Waals surface area contributed by atoms with E-state index in [4.69, 9.17) is 9.84 Å². The lowest BCUT2D eigenvalue weighted by Gasteiger charge is -2.21. The van der Waals surface area contributed by atoms with Crippen LogP contribution < -0.4 is 5.56 Å². The molecule has 0 bridgehead atoms. The van der Waals surface area contributed by atoms with Crippen LogP contribution in [-0.4, -0.2) is 53.3 Å². The maximum absolute atomic E-state index is 12.2. The molecule has 19 heavy (non-hydrogen) atoms. The number of aromatic nitrogens is 1. The van der Waals surface area contributed by atoms with Crippen LogP contribution in [0.3, 0.4) is 0 Å². The molecule has 0 fully saturated rings. The number of amides is 1. The van der Waals surface area contributed by atoms with Crippen LogP contribution in [0.1, 0.15) is 10.5 Å². The molecule has 0 aliphatic rings. The summed E-state index contributed by atoms with van der Waals surface area (Å²) in [6.07, 6.45) is 0. The van der Waals surface area contributed by atoms with Crippen molar-refractivity contribution in [2.75, 3.05) is 26.8 Å². The number of pyridine rings is 1. The quantitative estimate of drug-likeness (QED) is 0.755. The molecule has 0 unspecified atom stereocenters. The number of methoxy groups -OCH3 is 1. The third kappa shape index (κ3) is 3.92. The van der Waals surface area contributed by atoms with Crippen molar-refractivity contribution in [3.8, 4) is 0 Å². The van der Waals surface area contributed by atoms with Crippen LogP contribution in [0.15, 0.2) is 23.0 Å². The summed E-state index contributed by atoms with van der Waals surface area (Å²) in [7, 11) is 2.92. The predicted molar refractivity (Wildman–Crippen MR) is 67.1 cm³/mol. The summed E-state index contributed by atoms with van der Waals surface area (Å²) >= 11 is 0. The van der Waals surface area contributed by atoms with Gasteiger partial charge in [0.25, 0.3) is 11.5 Å². The molecule has 0 aromatic carbocycles. The molecule has 1 amide bonds. The Bertz CT molecular complexity index is 523. The van der Waals surface area contributed by atoms with E-state index in [0.717, 1.165) is 4.90 Å². The summed E-state index contributed by atoms with van der Waals surface area (Å²) in [6, 6.07) is 4.27. The molecular weight excluding hydrogens is 252 g/mol. The van der Waals surface area contributed by atoms with Crippen molar-refractivity contribution in [3.63, 3.8) is 0 Å². The van der Waals surface area contributed by atoms with Gasteiger partial charge in [-0.15, -0.1) is 0 Å². The van der Waals surface area contributed by atoms with Gasteiger partial charge in [0.05, 0.1) is 6.61 Å². The minimum Gasteiger partial charge on any atom is -0.480 e. The number of nitrogens with zero attached hydrogens (tertiary/aromatic N) is 2. The smallest absolute Gasteiger partial charge is 0.323 e. The zero-order chi connectivity index (χ0) is 14.4. The molecule has 1 N–H and O–H groups in total. The zero-order valence-corrected chi connectivity index (χ0v) is 10.8. The molecule has 0 aliphatic carbocycles. The lowest BCUT2D eigenvalue weighted by molar-refractivity contribution is -0.137. The Morgan fingerprint density at radius 2 is 2.11 bits per heavy atom. The maximum Gasteiger partial charge on any atom is 0.323 e. The number of hydrogen-bond acceptors (Lipinski definition) is 4. The van der Waals surface area contributed by atoms with E-state index in [2.05, 4.69) is 0 Å². The second-order valence-corrected chi connectivity index (χ2v) is 3.92. The SMILES string of the molecule is COCCN(CC(=O)O)C(=O)c1cccc(=O)n1C. The molecule has 0 atom stereocenters. The minimum absolute atomic E-state index is 0.143. The molecule has 104 valence electrons. The van der Waals surface area contributed by atoms with E-state index in [9.17, 15) is 14.4 Å². The topological polar surface area (TPSA) is 88.8 Å². The molecule has 1 heterocycles. The fraction of sp³-hybridized carbons (Fsp3) is 0.417. The van der Waals surface area contributed by atoms with E-state index in [1.807, 2.05) is 0 Å². The number of carbonyl (C=O) groups is 2. The number of hydrogen-bond donors (Lipinski definition) is 1. The van der Waals surface area contributed by atoms with Crippen molar-refractivity contribution in [2.45, 2.75) is 0 Å². The molecular formula is C12H16N2O5. The lowest BCUT2D eigenvalue weighted by Crippen LogP contribution is -2.40. The summed E-state index contributed by atoms with van der Waals surface area (Å²) in [5, 5.41) is 8.80. The third-order valence-electron chi connectivity index (χ3n) is 2.58. The van der Waals surface area contributed by atoms with Gasteiger partial charge in [0.2, 0.25) is 0 Å². The van der Waals surface area contributed by atoms with Crippen molar-refractivity contribution in [1.29, 1.82) is 0 Å². The van der Waals surface area contributed by atoms with Crippen LogP contribution in [0, 0.1) is 0 Å². The Morgan fingerprint density at radius 3 is 2.68 bits per heavy atom. The average molecular weight is 268 g/mol. The lowest BCUT2D eigenvalue weighted by atomic mass is 10.3. The van der Waals surface area contributed by atoms with Gasteiger partial charge < -0.3 is 19.3 Å². The van der Waals surface area contributed by atoms with Crippen LogP contribution in [0.5, 0.6) is 0 Å². The van der Waals surface area contributed by atoms with E-state index in [1.165, 1.54) is 36.9 Å². The maximum atomic E-state index is 12.2. The van der Waals surface area contributed by atoms with Gasteiger partial charge in [-0.25, -0.2) is 0 Å². The third-order valence-corrected chi connectivity index (χ3v) is 2.58. The Balaban J connectivity index is 3.00. The van der Waals surface area contributed by atoms with Gasteiger partial charge >= 0.3 is 5.97 Å². The fourth-order valence-electron chi connectivity index (χ4n) is 1.56. The molecule has 0 spiro atoms. The number of ether oxygens (including phenoxy) is 1. The fourth-order valence-corrected chi connectivity index (χ4v) is 1.56. The highest BCUT2D eigenvalue weighted by Crippen LogP contribution is 2.02. The van der Waals surface area contributed by atoms with E-state index in [1.54, 1.807) is 0 Å². The van der Waals surface area contributed by atoms with E-state index < -0.39 is 18.4 Å². The van der Waals surface area contributed by atoms with Gasteiger partial charge in [0.15, 0.2) is 0 Å². The summed E-state index contributed by atoms with van der Waals surface area (Å²) in [5.74, 6) is -1.63. The highest BCUT2D eigenvalue weighted by Gasteiger charge is 2.20. The molecule has 0 aliphatic heterocycles. The molecule has 1 aromatic rings. The van der Waals surface area contributed by atoms with Crippen LogP contribution in [0.2, 0.25) is 0 Å². The number of carboxylic acids is 1. The van der Waals surface area contributed by atoms with Gasteiger partial charge in [0.1, 0.15) is 12.2 Å². The Labute approximate surface area is 110 Å². The van der Waals surface area contributed by atoms with Gasteiger partial charge in [0, 0.05) is 26.8 Å². The molecule has 0 saturated carbocycles. The van der Waals surface area contributed by atoms with Crippen LogP contribution in [0.25, 0.3) is 0 Å². The van der Waals surface area contributed by atoms with Gasteiger partial charge in [-0.1, -0.05) is 6.07 Å². The first-order chi connectivity index (χ1) is 8.97. The highest BCUT2D eigenvalue weighted by atomic mass is 16.5. The largest absolute Gasteiger partial charge is 0.480 e. The molecule has 0 radical (unpaired) electrons. The molecule has 1 aromatic heterocycles. The predicted octanol–water partition coefficient (Wildman–Crippen LogP) is -0.442. The molecule has 1 rings (SSSR count). The van der Waals surface area contributed by atoms with Gasteiger partial charge in [-0.05, 0) is 6.07 Å². The van der Waals surface area contributed by atoms with Crippen molar-refractivity contribution in [1.82, 2.24) is 9.47 Å². The molecule has 7 nitrogen and oxygen atoms in total. The molecule has 0 saturated heterocycles. The zero-order valence-electron chi connectivity index (χ0n) is 10.8. The van der Waals surface area contributed by atoms with Crippen LogP contribution >= 0.6 is 0 Å². The Morgan fingerprint density at radius 1 is 1.42 bits per heavy atom. The van der Waals surface area contributed by atoms with Gasteiger partial charge in [-0.2, -0.15) is 0 Å². The first kappa shape index (κ1) is 14.9. The van der Waals surface area contributed by atoms with Crippen molar-refractivity contribution >= 4 is 11.9 Å². The summed E-state index contributed by atoms with van der Waals surface area (Å²) < 4.78 is 6.02. The van der Waals surface area contributed by atoms with E-state index in [-0.39, 0.29) is 24.4 Å². The Hall–Kier alpha value is -2.15. The van der Waals surface area contributed by atoms with Crippen LogP contribution in [0.4, 0.5) is 0 Å². The first-order valence-corrected chi connectivity index (χ1v) is 5.63. The van der Waals surface area contributed by atoms with Crippen molar-refractivity contribution < 1.29 is 19.4 Å². The normalized spacial score (nSPS) is 10.2. The average Bonchev–Trinajstić information content (AvgIpc) is 2.36. The van der Waals surface area contributed by atoms with Crippen molar-refractivity contribution in [3.05, 3.63) is 34.2 Å². The first-order valence-electron chi connectivity index (χ1n) is 5.63. The van der Waals surface area contributed by atoms with E-state index in [0.29, 0.717) is 0 Å². The summed E-state index contributed by atoms with van der Waals surface area (Å²) in [4.78, 5) is 35.5. The number of carbonyl (C=O) groups excluding carboxylic acids is 1. The summed E-state index contributed by atoms with van der Waals surface area (Å²) in [5.41, 5.74) is -0.183. The number of carboxylic acid groups (broad SMARTS) is 1. The summed E-state index contributed by atoms with van der Waals surface area (Å²) in [6.45, 7) is -0.0736. The number of rotatable bonds is 6. The standard InChI is InChI=1S/C12H16N2O5/c1-13-9(4-3-5-10(13)15)12(18)14(6-7-19-2)8-11(16)17/h3-5H,6-8H2,1-2H3,(H,16,17). The van der Waals surface area contributed by atoms with Crippen LogP contribution in [-0.2, 0) is 16.6 Å². The number of aliphatic carboxylic acids is 1. The molecule has 7 heteroatoms. The Kier molecular flexibility index (Phi) is 5.25. The minimum atomic E-state index is -1.12. The monoisotopic (exact) mass is 268 g/mol. The van der Waals surface area contributed by atoms with Crippen molar-refractivity contribution in [2.24, 2.45) is 7.05 Å².